The highest BCUT2D eigenvalue weighted by atomic mass is 32.2. The predicted octanol–water partition coefficient (Wildman–Crippen LogP) is 2.42. The van der Waals surface area contributed by atoms with Gasteiger partial charge < -0.3 is 20.1 Å². The van der Waals surface area contributed by atoms with Gasteiger partial charge in [-0.25, -0.2) is 9.97 Å². The number of thioether (sulfide) groups is 1. The van der Waals surface area contributed by atoms with E-state index in [0.29, 0.717) is 6.42 Å². The fourth-order valence-corrected chi connectivity index (χ4v) is 2.99. The van der Waals surface area contributed by atoms with Crippen LogP contribution in [-0.4, -0.2) is 50.7 Å². The van der Waals surface area contributed by atoms with E-state index in [-0.39, 0.29) is 24.7 Å². The summed E-state index contributed by atoms with van der Waals surface area (Å²) < 4.78 is 7.27. The van der Waals surface area contributed by atoms with Crippen molar-refractivity contribution in [2.75, 3.05) is 25.7 Å². The first kappa shape index (κ1) is 19.7. The Hall–Kier alpha value is -1.38. The third-order valence-corrected chi connectivity index (χ3v) is 4.15. The van der Waals surface area contributed by atoms with E-state index in [1.54, 1.807) is 7.11 Å². The molecule has 0 fully saturated rings. The average Bonchev–Trinajstić information content (AvgIpc) is 2.89. The molecule has 2 atom stereocenters. The summed E-state index contributed by atoms with van der Waals surface area (Å²) >= 11 is 1.50. The third-order valence-electron chi connectivity index (χ3n) is 3.48. The van der Waals surface area contributed by atoms with Crippen LogP contribution in [0.5, 0.6) is 0 Å². The third kappa shape index (κ3) is 4.33. The minimum absolute atomic E-state index is 0.0142. The molecule has 0 spiro atoms. The van der Waals surface area contributed by atoms with Crippen molar-refractivity contribution in [1.29, 1.82) is 0 Å². The van der Waals surface area contributed by atoms with E-state index in [4.69, 9.17) is 10.5 Å². The molecule has 0 amide bonds. The van der Waals surface area contributed by atoms with Crippen molar-refractivity contribution in [1.82, 2.24) is 19.5 Å². The highest BCUT2D eigenvalue weighted by molar-refractivity contribution is 7.98. The summed E-state index contributed by atoms with van der Waals surface area (Å²) in [4.78, 5) is 13.1. The van der Waals surface area contributed by atoms with Gasteiger partial charge in [0.05, 0.1) is 12.7 Å². The Morgan fingerprint density at radius 2 is 1.96 bits per heavy atom. The Kier molecular flexibility index (Phi) is 7.74. The molecule has 2 aromatic heterocycles. The molecule has 0 aromatic carbocycles. The molecular formula is C15H27N5O2S. The predicted molar refractivity (Wildman–Crippen MR) is 94.8 cm³/mol. The van der Waals surface area contributed by atoms with Crippen LogP contribution in [-0.2, 0) is 4.74 Å². The molecule has 0 saturated heterocycles. The number of nitrogens with zero attached hydrogens (tertiary/aromatic N) is 4. The van der Waals surface area contributed by atoms with Gasteiger partial charge in [-0.3, -0.25) is 0 Å². The summed E-state index contributed by atoms with van der Waals surface area (Å²) in [6.45, 7) is 7.96. The van der Waals surface area contributed by atoms with E-state index in [2.05, 4.69) is 15.0 Å². The lowest BCUT2D eigenvalue weighted by Crippen LogP contribution is -2.21. The topological polar surface area (TPSA) is 99.1 Å². The van der Waals surface area contributed by atoms with Crippen molar-refractivity contribution >= 4 is 28.9 Å². The highest BCUT2D eigenvalue weighted by Crippen LogP contribution is 2.28. The minimum Gasteiger partial charge on any atom is -0.394 e. The van der Waals surface area contributed by atoms with Gasteiger partial charge in [-0.1, -0.05) is 13.8 Å². The van der Waals surface area contributed by atoms with Gasteiger partial charge in [0.2, 0.25) is 5.95 Å². The van der Waals surface area contributed by atoms with Gasteiger partial charge in [-0.2, -0.15) is 4.98 Å². The van der Waals surface area contributed by atoms with Crippen LogP contribution in [0.2, 0.25) is 0 Å². The maximum Gasteiger partial charge on any atom is 0.223 e. The molecular weight excluding hydrogens is 314 g/mol. The first-order chi connectivity index (χ1) is 11.0. The van der Waals surface area contributed by atoms with Gasteiger partial charge in [0.1, 0.15) is 16.4 Å². The first-order valence-corrected chi connectivity index (χ1v) is 8.94. The lowest BCUT2D eigenvalue weighted by Gasteiger charge is -2.20. The Balaban J connectivity index is 0.00000127. The number of aliphatic hydroxyl groups is 1. The van der Waals surface area contributed by atoms with Gasteiger partial charge in [-0.05, 0) is 26.5 Å². The fourth-order valence-electron chi connectivity index (χ4n) is 2.47. The number of methoxy groups -OCH3 is 1. The largest absolute Gasteiger partial charge is 0.394 e. The van der Waals surface area contributed by atoms with Gasteiger partial charge in [0.15, 0.2) is 5.65 Å². The van der Waals surface area contributed by atoms with Crippen LogP contribution < -0.4 is 5.73 Å². The van der Waals surface area contributed by atoms with Gasteiger partial charge in [-0.15, -0.1) is 11.8 Å². The number of hydrogen-bond donors (Lipinski definition) is 2. The zero-order valence-electron chi connectivity index (χ0n) is 14.7. The molecule has 0 aliphatic carbocycles. The van der Waals surface area contributed by atoms with Crippen LogP contribution >= 0.6 is 11.8 Å². The summed E-state index contributed by atoms with van der Waals surface area (Å²) in [7, 11) is 1.60. The Morgan fingerprint density at radius 3 is 2.48 bits per heavy atom. The van der Waals surface area contributed by atoms with E-state index in [9.17, 15) is 5.11 Å². The van der Waals surface area contributed by atoms with Crippen molar-refractivity contribution < 1.29 is 9.84 Å². The van der Waals surface area contributed by atoms with Crippen LogP contribution in [0.3, 0.4) is 0 Å². The number of nitrogen functional groups attached to an aromatic ring is 1. The van der Waals surface area contributed by atoms with E-state index < -0.39 is 0 Å². The number of rotatable bonds is 6. The summed E-state index contributed by atoms with van der Waals surface area (Å²) in [5, 5.41) is 10.1. The van der Waals surface area contributed by atoms with E-state index in [1.165, 1.54) is 11.8 Å². The molecule has 0 saturated carbocycles. The molecule has 2 heterocycles. The van der Waals surface area contributed by atoms with Gasteiger partial charge >= 0.3 is 0 Å². The minimum atomic E-state index is -0.212. The van der Waals surface area contributed by atoms with Crippen LogP contribution in [0.15, 0.2) is 5.03 Å². The van der Waals surface area contributed by atoms with Crippen molar-refractivity contribution in [3.63, 3.8) is 0 Å². The number of imidazole rings is 1. The van der Waals surface area contributed by atoms with Crippen LogP contribution in [0.25, 0.3) is 11.2 Å². The Labute approximate surface area is 141 Å². The number of fused-ring (bicyclic) bond motifs is 1. The monoisotopic (exact) mass is 341 g/mol. The number of anilines is 1. The Bertz CT molecular complexity index is 628. The van der Waals surface area contributed by atoms with E-state index in [1.807, 2.05) is 38.5 Å². The summed E-state index contributed by atoms with van der Waals surface area (Å²) in [6.07, 6.45) is 2.39. The zero-order valence-corrected chi connectivity index (χ0v) is 15.5. The second-order valence-corrected chi connectivity index (χ2v) is 5.71. The second kappa shape index (κ2) is 9.05. The van der Waals surface area contributed by atoms with Crippen molar-refractivity contribution in [2.24, 2.45) is 0 Å². The van der Waals surface area contributed by atoms with Crippen molar-refractivity contribution in [2.45, 2.75) is 51.3 Å². The SMILES string of the molecule is CC.COC(CO)CC(C)n1c(C)nc2c(SC)nc(N)nc21. The molecule has 8 heteroatoms. The molecule has 2 unspecified atom stereocenters. The van der Waals surface area contributed by atoms with E-state index >= 15 is 0 Å². The highest BCUT2D eigenvalue weighted by Gasteiger charge is 2.20. The molecule has 23 heavy (non-hydrogen) atoms. The lowest BCUT2D eigenvalue weighted by atomic mass is 10.1. The maximum absolute atomic E-state index is 9.28. The van der Waals surface area contributed by atoms with Gasteiger partial charge in [0, 0.05) is 13.2 Å². The molecule has 7 nitrogen and oxygen atoms in total. The second-order valence-electron chi connectivity index (χ2n) is 4.92. The quantitative estimate of drug-likeness (QED) is 0.615. The maximum atomic E-state index is 9.28. The first-order valence-electron chi connectivity index (χ1n) is 7.71. The van der Waals surface area contributed by atoms with Crippen molar-refractivity contribution in [3.05, 3.63) is 5.82 Å². The number of aryl methyl sites for hydroxylation is 1. The van der Waals surface area contributed by atoms with Crippen molar-refractivity contribution in [3.8, 4) is 0 Å². The molecule has 0 radical (unpaired) electrons. The zero-order chi connectivity index (χ0) is 17.6. The smallest absolute Gasteiger partial charge is 0.223 e. The van der Waals surface area contributed by atoms with Crippen LogP contribution in [0.1, 0.15) is 39.1 Å². The summed E-state index contributed by atoms with van der Waals surface area (Å²) in [5.74, 6) is 1.09. The van der Waals surface area contributed by atoms with Gasteiger partial charge in [0.25, 0.3) is 0 Å². The fraction of sp³-hybridized carbons (Fsp3) is 0.667. The molecule has 2 rings (SSSR count). The molecule has 130 valence electrons. The van der Waals surface area contributed by atoms with E-state index in [0.717, 1.165) is 22.0 Å². The molecule has 0 aliphatic rings. The number of hydrogen-bond acceptors (Lipinski definition) is 7. The number of nitrogens with two attached hydrogens (primary N) is 1. The molecule has 0 aliphatic heterocycles. The molecule has 2 aromatic rings. The molecule has 0 bridgehead atoms. The summed E-state index contributed by atoms with van der Waals surface area (Å²) in [5.41, 5.74) is 7.28. The van der Waals surface area contributed by atoms with Crippen LogP contribution in [0.4, 0.5) is 5.95 Å². The normalized spacial score (nSPS) is 13.5. The Morgan fingerprint density at radius 1 is 1.30 bits per heavy atom. The number of ether oxygens (including phenoxy) is 1. The summed E-state index contributed by atoms with van der Waals surface area (Å²) in [6, 6.07) is 0.0797. The lowest BCUT2D eigenvalue weighted by molar-refractivity contribution is 0.0347. The average molecular weight is 341 g/mol. The number of aliphatic hydroxyl groups excluding tert-OH is 1. The molecule has 3 N–H and O–H groups in total. The number of aromatic nitrogens is 4. The van der Waals surface area contributed by atoms with Crippen LogP contribution in [0, 0.1) is 6.92 Å². The standard InChI is InChI=1S/C13H21N5O2S.C2H6/c1-7(5-9(6-19)20-3)18-8(2)15-10-11(18)16-13(14)17-12(10)21-4;1-2/h7,9,19H,5-6H2,1-4H3,(H2,14,16,17);1-2H3.